The van der Waals surface area contributed by atoms with Crippen molar-refractivity contribution >= 4 is 33.8 Å². The van der Waals surface area contributed by atoms with E-state index < -0.39 is 0 Å². The second-order valence-electron chi connectivity index (χ2n) is 13.8. The maximum absolute atomic E-state index is 10.5. The van der Waals surface area contributed by atoms with Crippen molar-refractivity contribution in [2.24, 2.45) is 11.3 Å². The van der Waals surface area contributed by atoms with Crippen LogP contribution in [0.25, 0.3) is 33.8 Å². The number of hydrogen-bond acceptors (Lipinski definition) is 3. The van der Waals surface area contributed by atoms with Crippen molar-refractivity contribution in [3.05, 3.63) is 161 Å². The molecule has 3 aromatic carbocycles. The number of rotatable bonds is 5. The zero-order chi connectivity index (χ0) is 34.6. The second kappa shape index (κ2) is 12.0. The highest BCUT2D eigenvalue weighted by Gasteiger charge is 2.48. The summed E-state index contributed by atoms with van der Waals surface area (Å²) in [6.07, 6.45) is 26.9. The van der Waals surface area contributed by atoms with Gasteiger partial charge in [-0.2, -0.15) is 10.5 Å². The lowest BCUT2D eigenvalue weighted by atomic mass is 9.72. The van der Waals surface area contributed by atoms with E-state index in [1.54, 1.807) is 6.08 Å². The topological polar surface area (TPSA) is 55.8 Å². The van der Waals surface area contributed by atoms with Crippen LogP contribution in [0.5, 0.6) is 0 Å². The van der Waals surface area contributed by atoms with Crippen LogP contribution >= 0.6 is 0 Å². The molecule has 4 aliphatic rings. The number of nitrogens with zero attached hydrogens (tertiary/aromatic N) is 4. The molecule has 4 heteroatoms. The van der Waals surface area contributed by atoms with Gasteiger partial charge in [-0.05, 0) is 78.5 Å². The van der Waals surface area contributed by atoms with Gasteiger partial charge in [0.05, 0.1) is 34.8 Å². The predicted molar refractivity (Wildman–Crippen MR) is 205 cm³/mol. The van der Waals surface area contributed by atoms with E-state index in [2.05, 4.69) is 145 Å². The molecule has 0 fully saturated rings. The fraction of sp³-hybridized carbons (Fsp3) is 0.174. The van der Waals surface area contributed by atoms with Gasteiger partial charge in [0, 0.05) is 44.9 Å². The van der Waals surface area contributed by atoms with Crippen molar-refractivity contribution < 1.29 is 0 Å². The summed E-state index contributed by atoms with van der Waals surface area (Å²) >= 11 is 0. The van der Waals surface area contributed by atoms with E-state index in [-0.39, 0.29) is 23.3 Å². The summed E-state index contributed by atoms with van der Waals surface area (Å²) in [7, 11) is 0. The van der Waals surface area contributed by atoms with Gasteiger partial charge < -0.3 is 9.47 Å². The maximum atomic E-state index is 10.5. The summed E-state index contributed by atoms with van der Waals surface area (Å²) < 4.78 is 2.28. The Bertz CT molecular complexity index is 2440. The van der Waals surface area contributed by atoms with Crippen LogP contribution < -0.4 is 4.90 Å². The number of fused-ring (bicyclic) bond motifs is 5. The van der Waals surface area contributed by atoms with E-state index in [0.29, 0.717) is 5.56 Å². The highest BCUT2D eigenvalue weighted by molar-refractivity contribution is 6.07. The third kappa shape index (κ3) is 4.59. The van der Waals surface area contributed by atoms with Crippen LogP contribution in [-0.2, 0) is 0 Å². The lowest BCUT2D eigenvalue weighted by Gasteiger charge is -2.36. The smallest absolute Gasteiger partial charge is 0.101 e. The number of anilines is 1. The van der Waals surface area contributed by atoms with Crippen LogP contribution in [-0.4, -0.2) is 10.6 Å². The fourth-order valence-electron chi connectivity index (χ4n) is 8.51. The Morgan fingerprint density at radius 3 is 2.68 bits per heavy atom. The first-order valence-corrected chi connectivity index (χ1v) is 17.2. The summed E-state index contributed by atoms with van der Waals surface area (Å²) in [6, 6.07) is 27.8. The number of para-hydroxylation sites is 2. The Balaban J connectivity index is 1.27. The van der Waals surface area contributed by atoms with Crippen LogP contribution in [0.2, 0.25) is 0 Å². The monoisotopic (exact) mass is 644 g/mol. The maximum Gasteiger partial charge on any atom is 0.101 e. The summed E-state index contributed by atoms with van der Waals surface area (Å²) in [5.74, 6) is 2.92. The highest BCUT2D eigenvalue weighted by atomic mass is 15.2. The van der Waals surface area contributed by atoms with Gasteiger partial charge >= 0.3 is 0 Å². The molecule has 3 aliphatic carbocycles. The van der Waals surface area contributed by atoms with Gasteiger partial charge in [0.2, 0.25) is 0 Å². The third-order valence-electron chi connectivity index (χ3n) is 10.9. The van der Waals surface area contributed by atoms with Crippen molar-refractivity contribution in [1.82, 2.24) is 4.57 Å². The van der Waals surface area contributed by atoms with Crippen molar-refractivity contribution in [3.8, 4) is 30.2 Å². The second-order valence-corrected chi connectivity index (χ2v) is 13.8. The molecule has 4 aromatic rings. The minimum absolute atomic E-state index is 0.0759. The molecule has 0 radical (unpaired) electrons. The SMILES string of the molecule is C#C/C=C(\C(=C)c1cccc(N2C3=C(C[C@H](C#N)C=C3)C3(C)C=CC=CC23)c1)c1cccc(C#N)c1-n1c2c(c3ccccc31)C=CCC2C. The van der Waals surface area contributed by atoms with Crippen molar-refractivity contribution in [1.29, 1.82) is 10.5 Å². The Hall–Kier alpha value is -6.28. The normalized spacial score (nSPS) is 23.2. The van der Waals surface area contributed by atoms with Crippen LogP contribution in [0.1, 0.15) is 60.6 Å². The first-order chi connectivity index (χ1) is 24.4. The molecule has 8 rings (SSSR count). The lowest BCUT2D eigenvalue weighted by Crippen LogP contribution is -2.38. The first kappa shape index (κ1) is 31.0. The number of benzene rings is 3. The van der Waals surface area contributed by atoms with Crippen LogP contribution in [0.3, 0.4) is 0 Å². The molecule has 0 saturated heterocycles. The first-order valence-electron chi connectivity index (χ1n) is 17.2. The molecular weight excluding hydrogens is 609 g/mol. The average Bonchev–Trinajstić information content (AvgIpc) is 3.63. The highest BCUT2D eigenvalue weighted by Crippen LogP contribution is 2.53. The molecule has 4 atom stereocenters. The van der Waals surface area contributed by atoms with Gasteiger partial charge in [0.15, 0.2) is 0 Å². The number of hydrogen-bond donors (Lipinski definition) is 0. The summed E-state index contributed by atoms with van der Waals surface area (Å²) in [6.45, 7) is 9.18. The number of allylic oxidation sites excluding steroid dienone is 8. The minimum Gasteiger partial charge on any atom is -0.333 e. The van der Waals surface area contributed by atoms with E-state index in [9.17, 15) is 10.5 Å². The molecule has 0 bridgehead atoms. The Morgan fingerprint density at radius 2 is 1.86 bits per heavy atom. The molecule has 1 aromatic heterocycles. The summed E-state index contributed by atoms with van der Waals surface area (Å²) in [5.41, 5.74) is 11.5. The lowest BCUT2D eigenvalue weighted by molar-refractivity contribution is 0.455. The zero-order valence-corrected chi connectivity index (χ0v) is 28.3. The molecular formula is C46H36N4. The minimum atomic E-state index is -0.219. The molecule has 50 heavy (non-hydrogen) atoms. The Labute approximate surface area is 294 Å². The molecule has 240 valence electrons. The van der Waals surface area contributed by atoms with E-state index in [1.165, 1.54) is 16.8 Å². The summed E-state index contributed by atoms with van der Waals surface area (Å²) in [5, 5.41) is 21.5. The molecule has 0 amide bonds. The molecule has 0 spiro atoms. The molecule has 2 heterocycles. The van der Waals surface area contributed by atoms with Crippen LogP contribution in [0, 0.1) is 46.3 Å². The van der Waals surface area contributed by atoms with Gasteiger partial charge in [0.25, 0.3) is 0 Å². The van der Waals surface area contributed by atoms with Gasteiger partial charge in [-0.1, -0.05) is 104 Å². The summed E-state index contributed by atoms with van der Waals surface area (Å²) in [4.78, 5) is 2.40. The van der Waals surface area contributed by atoms with Crippen molar-refractivity contribution in [2.45, 2.75) is 38.6 Å². The quantitative estimate of drug-likeness (QED) is 0.160. The van der Waals surface area contributed by atoms with Gasteiger partial charge in [-0.3, -0.25) is 0 Å². The van der Waals surface area contributed by atoms with Crippen LogP contribution in [0.4, 0.5) is 5.69 Å². The fourth-order valence-corrected chi connectivity index (χ4v) is 8.51. The van der Waals surface area contributed by atoms with E-state index in [0.717, 1.165) is 63.1 Å². The molecule has 4 nitrogen and oxygen atoms in total. The standard InChI is InChI=1S/C46H36N4/c1-5-13-36(38-20-12-16-34(29-48)45(38)50-41-21-7-6-18-37(41)39-19-10-14-30(2)44(39)50)31(3)33-15-11-17-35(27-33)49-42-24-23-32(28-47)26-40(42)46(4)25-9-8-22-43(46)49/h1,6-13,15-25,27,30,32,43H,3,14,26H2,2,4H3/b36-13+/t30?,32-,43?,46?/m1/s1. The van der Waals surface area contributed by atoms with E-state index >= 15 is 0 Å². The van der Waals surface area contributed by atoms with Crippen LogP contribution in [0.15, 0.2) is 133 Å². The number of terminal acetylenes is 1. The Morgan fingerprint density at radius 1 is 1.02 bits per heavy atom. The van der Waals surface area contributed by atoms with Crippen molar-refractivity contribution in [3.63, 3.8) is 0 Å². The van der Waals surface area contributed by atoms with Crippen molar-refractivity contribution in [2.75, 3.05) is 4.90 Å². The third-order valence-corrected chi connectivity index (χ3v) is 10.9. The average molecular weight is 645 g/mol. The molecule has 0 saturated carbocycles. The molecule has 0 N–H and O–H groups in total. The molecule has 1 aliphatic heterocycles. The van der Waals surface area contributed by atoms with Gasteiger partial charge in [-0.15, -0.1) is 6.42 Å². The number of nitriles is 2. The van der Waals surface area contributed by atoms with Gasteiger partial charge in [0.1, 0.15) is 6.07 Å². The number of aromatic nitrogens is 1. The predicted octanol–water partition coefficient (Wildman–Crippen LogP) is 10.4. The van der Waals surface area contributed by atoms with E-state index in [4.69, 9.17) is 6.42 Å². The van der Waals surface area contributed by atoms with E-state index in [1.807, 2.05) is 18.2 Å². The zero-order valence-electron chi connectivity index (χ0n) is 28.3. The Kier molecular flexibility index (Phi) is 7.44. The largest absolute Gasteiger partial charge is 0.333 e. The van der Waals surface area contributed by atoms with Gasteiger partial charge in [-0.25, -0.2) is 0 Å². The molecule has 3 unspecified atom stereocenters.